The van der Waals surface area contributed by atoms with Crippen LogP contribution >= 0.6 is 11.6 Å². The summed E-state index contributed by atoms with van der Waals surface area (Å²) >= 11 is 6.30. The first-order chi connectivity index (χ1) is 9.81. The molecule has 1 aliphatic rings. The molecule has 0 bridgehead atoms. The van der Waals surface area contributed by atoms with Crippen LogP contribution in [0.2, 0.25) is 5.02 Å². The second-order valence-electron chi connectivity index (χ2n) is 5.67. The average molecular weight is 296 g/mol. The first kappa shape index (κ1) is 15.8. The van der Waals surface area contributed by atoms with Crippen LogP contribution in [0.15, 0.2) is 24.3 Å². The maximum atomic E-state index is 6.30. The summed E-state index contributed by atoms with van der Waals surface area (Å²) in [6, 6.07) is 8.02. The molecular weight excluding hydrogens is 270 g/mol. The van der Waals surface area contributed by atoms with Crippen LogP contribution in [0.5, 0.6) is 0 Å². The lowest BCUT2D eigenvalue weighted by atomic mass is 9.83. The molecule has 2 rings (SSSR count). The topological polar surface area (TPSA) is 21.3 Å². The number of hydrogen-bond acceptors (Lipinski definition) is 2. The lowest BCUT2D eigenvalue weighted by Crippen LogP contribution is -2.25. The zero-order chi connectivity index (χ0) is 14.2. The Hall–Kier alpha value is -0.570. The van der Waals surface area contributed by atoms with Crippen molar-refractivity contribution < 1.29 is 4.74 Å². The Morgan fingerprint density at radius 2 is 2.15 bits per heavy atom. The number of halogens is 1. The predicted molar refractivity (Wildman–Crippen MR) is 85.3 cm³/mol. The lowest BCUT2D eigenvalue weighted by Gasteiger charge is -2.27. The third-order valence-electron chi connectivity index (χ3n) is 4.08. The summed E-state index contributed by atoms with van der Waals surface area (Å²) in [7, 11) is 0. The molecular formula is C17H26ClNO. The van der Waals surface area contributed by atoms with Gasteiger partial charge in [0.25, 0.3) is 0 Å². The van der Waals surface area contributed by atoms with E-state index in [4.69, 9.17) is 16.3 Å². The van der Waals surface area contributed by atoms with E-state index in [0.29, 0.717) is 0 Å². The molecule has 1 saturated carbocycles. The minimum absolute atomic E-state index is 0.0651. The van der Waals surface area contributed by atoms with Crippen molar-refractivity contribution >= 4 is 11.6 Å². The van der Waals surface area contributed by atoms with Gasteiger partial charge in [-0.3, -0.25) is 0 Å². The molecule has 0 heterocycles. The second-order valence-corrected chi connectivity index (χ2v) is 6.08. The zero-order valence-electron chi connectivity index (χ0n) is 12.4. The summed E-state index contributed by atoms with van der Waals surface area (Å²) in [5.74, 6) is 0.894. The Morgan fingerprint density at radius 1 is 1.35 bits per heavy atom. The van der Waals surface area contributed by atoms with Gasteiger partial charge in [-0.2, -0.15) is 0 Å². The van der Waals surface area contributed by atoms with Crippen LogP contribution in [-0.2, 0) is 4.74 Å². The Bertz CT molecular complexity index is 392. The molecule has 1 aromatic rings. The van der Waals surface area contributed by atoms with E-state index in [-0.39, 0.29) is 6.10 Å². The molecule has 0 aromatic heterocycles. The normalized spacial score (nSPS) is 16.9. The summed E-state index contributed by atoms with van der Waals surface area (Å²) in [6.45, 7) is 4.87. The molecule has 0 amide bonds. The van der Waals surface area contributed by atoms with Crippen molar-refractivity contribution in [3.8, 4) is 0 Å². The zero-order valence-corrected chi connectivity index (χ0v) is 13.2. The highest BCUT2D eigenvalue weighted by Gasteiger charge is 2.19. The third kappa shape index (κ3) is 4.76. The highest BCUT2D eigenvalue weighted by molar-refractivity contribution is 6.31. The second kappa shape index (κ2) is 8.66. The van der Waals surface area contributed by atoms with Gasteiger partial charge in [0.2, 0.25) is 0 Å². The van der Waals surface area contributed by atoms with E-state index in [0.717, 1.165) is 42.6 Å². The van der Waals surface area contributed by atoms with E-state index in [1.165, 1.54) is 25.7 Å². The van der Waals surface area contributed by atoms with Gasteiger partial charge in [-0.25, -0.2) is 0 Å². The average Bonchev–Trinajstić information content (AvgIpc) is 2.40. The van der Waals surface area contributed by atoms with E-state index >= 15 is 0 Å². The highest BCUT2D eigenvalue weighted by Crippen LogP contribution is 2.30. The lowest BCUT2D eigenvalue weighted by molar-refractivity contribution is 0.0373. The molecule has 20 heavy (non-hydrogen) atoms. The molecule has 112 valence electrons. The summed E-state index contributed by atoms with van der Waals surface area (Å²) in [5, 5.41) is 4.25. The van der Waals surface area contributed by atoms with Crippen molar-refractivity contribution in [3.63, 3.8) is 0 Å². The Labute approximate surface area is 127 Å². The minimum Gasteiger partial charge on any atom is -0.372 e. The van der Waals surface area contributed by atoms with Gasteiger partial charge in [0.15, 0.2) is 0 Å². The number of rotatable bonds is 9. The van der Waals surface area contributed by atoms with Crippen LogP contribution in [0.4, 0.5) is 0 Å². The maximum absolute atomic E-state index is 6.30. The van der Waals surface area contributed by atoms with Gasteiger partial charge in [0, 0.05) is 23.7 Å². The van der Waals surface area contributed by atoms with Crippen molar-refractivity contribution in [2.45, 2.75) is 45.1 Å². The van der Waals surface area contributed by atoms with Crippen LogP contribution in [0, 0.1) is 5.92 Å². The molecule has 1 unspecified atom stereocenters. The molecule has 0 spiro atoms. The molecule has 0 saturated heterocycles. The Kier molecular flexibility index (Phi) is 6.85. The van der Waals surface area contributed by atoms with E-state index in [2.05, 4.69) is 18.3 Å². The van der Waals surface area contributed by atoms with Gasteiger partial charge in [-0.1, -0.05) is 56.0 Å². The molecule has 1 fully saturated rings. The number of ether oxygens (including phenoxy) is 1. The summed E-state index contributed by atoms with van der Waals surface area (Å²) in [6.07, 6.45) is 6.56. The van der Waals surface area contributed by atoms with E-state index < -0.39 is 0 Å². The summed E-state index contributed by atoms with van der Waals surface area (Å²) in [5.41, 5.74) is 1.10. The van der Waals surface area contributed by atoms with Gasteiger partial charge >= 0.3 is 0 Å². The summed E-state index contributed by atoms with van der Waals surface area (Å²) < 4.78 is 6.12. The van der Waals surface area contributed by atoms with Crippen LogP contribution in [0.3, 0.4) is 0 Å². The molecule has 1 aliphatic carbocycles. The molecule has 0 aliphatic heterocycles. The summed E-state index contributed by atoms with van der Waals surface area (Å²) in [4.78, 5) is 0. The quantitative estimate of drug-likeness (QED) is 0.673. The van der Waals surface area contributed by atoms with Crippen molar-refractivity contribution in [1.29, 1.82) is 0 Å². The monoisotopic (exact) mass is 295 g/mol. The number of benzene rings is 1. The van der Waals surface area contributed by atoms with Crippen molar-refractivity contribution in [1.82, 2.24) is 5.32 Å². The molecule has 1 N–H and O–H groups in total. The van der Waals surface area contributed by atoms with Crippen molar-refractivity contribution in [2.24, 2.45) is 5.92 Å². The van der Waals surface area contributed by atoms with Crippen LogP contribution in [0.1, 0.15) is 50.7 Å². The first-order valence-corrected chi connectivity index (χ1v) is 8.25. The fourth-order valence-electron chi connectivity index (χ4n) is 2.56. The van der Waals surface area contributed by atoms with Crippen LogP contribution < -0.4 is 5.32 Å². The number of hydrogen-bond donors (Lipinski definition) is 1. The van der Waals surface area contributed by atoms with Gasteiger partial charge in [-0.15, -0.1) is 0 Å². The maximum Gasteiger partial charge on any atom is 0.0963 e. The number of nitrogens with one attached hydrogen (secondary N) is 1. The van der Waals surface area contributed by atoms with Crippen molar-refractivity contribution in [3.05, 3.63) is 34.9 Å². The fourth-order valence-corrected chi connectivity index (χ4v) is 2.82. The van der Waals surface area contributed by atoms with E-state index in [1.807, 2.05) is 18.2 Å². The van der Waals surface area contributed by atoms with Gasteiger partial charge in [0.1, 0.15) is 0 Å². The Balaban J connectivity index is 1.87. The van der Waals surface area contributed by atoms with Crippen LogP contribution in [0.25, 0.3) is 0 Å². The molecule has 0 radical (unpaired) electrons. The van der Waals surface area contributed by atoms with Gasteiger partial charge in [0.05, 0.1) is 6.10 Å². The smallest absolute Gasteiger partial charge is 0.0963 e. The molecule has 3 heteroatoms. The predicted octanol–water partition coefficient (Wildman–Crippen LogP) is 4.59. The SMILES string of the molecule is CCCNCC(OCCC1CCC1)c1ccccc1Cl. The standard InChI is InChI=1S/C17H26ClNO/c1-2-11-19-13-17(15-8-3-4-9-16(15)18)20-12-10-14-6-5-7-14/h3-4,8-9,14,17,19H,2,5-7,10-13H2,1H3. The van der Waals surface area contributed by atoms with Crippen LogP contribution in [-0.4, -0.2) is 19.7 Å². The highest BCUT2D eigenvalue weighted by atomic mass is 35.5. The molecule has 1 atom stereocenters. The van der Waals surface area contributed by atoms with Gasteiger partial charge in [-0.05, 0) is 31.4 Å². The van der Waals surface area contributed by atoms with E-state index in [1.54, 1.807) is 0 Å². The van der Waals surface area contributed by atoms with E-state index in [9.17, 15) is 0 Å². The third-order valence-corrected chi connectivity index (χ3v) is 4.42. The minimum atomic E-state index is 0.0651. The molecule has 2 nitrogen and oxygen atoms in total. The van der Waals surface area contributed by atoms with Crippen molar-refractivity contribution in [2.75, 3.05) is 19.7 Å². The first-order valence-electron chi connectivity index (χ1n) is 7.88. The molecule has 1 aromatic carbocycles. The van der Waals surface area contributed by atoms with Gasteiger partial charge < -0.3 is 10.1 Å². The Morgan fingerprint density at radius 3 is 2.80 bits per heavy atom. The largest absolute Gasteiger partial charge is 0.372 e. The fraction of sp³-hybridized carbons (Fsp3) is 0.647.